The summed E-state index contributed by atoms with van der Waals surface area (Å²) in [6.45, 7) is -0.141. The lowest BCUT2D eigenvalue weighted by atomic mass is 10.2. The SMILES string of the molecule is O=C(COc1cccc(Cl)c1)N/N=C\C(Br)=C\c1ccccc1. The summed E-state index contributed by atoms with van der Waals surface area (Å²) in [6.07, 6.45) is 3.39. The van der Waals surface area contributed by atoms with Gasteiger partial charge in [0.25, 0.3) is 5.91 Å². The van der Waals surface area contributed by atoms with Gasteiger partial charge in [-0.1, -0.05) is 48.0 Å². The number of nitrogens with one attached hydrogen (secondary N) is 1. The van der Waals surface area contributed by atoms with Crippen molar-refractivity contribution in [3.05, 3.63) is 69.7 Å². The highest BCUT2D eigenvalue weighted by Crippen LogP contribution is 2.16. The number of rotatable bonds is 6. The first-order valence-corrected chi connectivity index (χ1v) is 7.93. The average Bonchev–Trinajstić information content (AvgIpc) is 2.54. The van der Waals surface area contributed by atoms with Gasteiger partial charge in [0.1, 0.15) is 5.75 Å². The molecule has 2 rings (SSSR count). The molecule has 0 saturated heterocycles. The quantitative estimate of drug-likeness (QED) is 0.589. The monoisotopic (exact) mass is 392 g/mol. The van der Waals surface area contributed by atoms with E-state index < -0.39 is 0 Å². The maximum Gasteiger partial charge on any atom is 0.277 e. The van der Waals surface area contributed by atoms with Gasteiger partial charge in [0.2, 0.25) is 0 Å². The van der Waals surface area contributed by atoms with Crippen LogP contribution in [-0.4, -0.2) is 18.7 Å². The fraction of sp³-hybridized carbons (Fsp3) is 0.0588. The Kier molecular flexibility index (Phi) is 6.84. The molecule has 2 aromatic rings. The largest absolute Gasteiger partial charge is 0.484 e. The van der Waals surface area contributed by atoms with E-state index in [1.165, 1.54) is 6.21 Å². The molecule has 0 atom stereocenters. The van der Waals surface area contributed by atoms with Crippen LogP contribution in [0.1, 0.15) is 5.56 Å². The van der Waals surface area contributed by atoms with Gasteiger partial charge in [-0.3, -0.25) is 4.79 Å². The molecule has 0 aliphatic heterocycles. The van der Waals surface area contributed by atoms with Crippen molar-refractivity contribution in [2.24, 2.45) is 5.10 Å². The molecule has 118 valence electrons. The summed E-state index contributed by atoms with van der Waals surface area (Å²) < 4.78 is 6.04. The van der Waals surface area contributed by atoms with Crippen molar-refractivity contribution in [3.63, 3.8) is 0 Å². The van der Waals surface area contributed by atoms with E-state index in [9.17, 15) is 4.79 Å². The van der Waals surface area contributed by atoms with Crippen molar-refractivity contribution in [1.29, 1.82) is 0 Å². The van der Waals surface area contributed by atoms with Crippen molar-refractivity contribution in [3.8, 4) is 5.75 Å². The lowest BCUT2D eigenvalue weighted by molar-refractivity contribution is -0.123. The summed E-state index contributed by atoms with van der Waals surface area (Å²) in [7, 11) is 0. The standard InChI is InChI=1S/C17H14BrClN2O2/c18-14(9-13-5-2-1-3-6-13)11-20-21-17(22)12-23-16-8-4-7-15(19)10-16/h1-11H,12H2,(H,21,22)/b14-9-,20-11-. The Bertz CT molecular complexity index is 718. The Morgan fingerprint density at radius 3 is 2.74 bits per heavy atom. The van der Waals surface area contributed by atoms with E-state index in [0.29, 0.717) is 10.8 Å². The van der Waals surface area contributed by atoms with Crippen LogP contribution in [0.4, 0.5) is 0 Å². The maximum atomic E-state index is 11.6. The minimum absolute atomic E-state index is 0.141. The van der Waals surface area contributed by atoms with Gasteiger partial charge >= 0.3 is 0 Å². The highest BCUT2D eigenvalue weighted by molar-refractivity contribution is 9.12. The Morgan fingerprint density at radius 1 is 1.22 bits per heavy atom. The molecule has 0 aromatic heterocycles. The van der Waals surface area contributed by atoms with Gasteiger partial charge in [0.15, 0.2) is 6.61 Å². The molecule has 0 aliphatic rings. The molecule has 2 aromatic carbocycles. The van der Waals surface area contributed by atoms with E-state index in [-0.39, 0.29) is 12.5 Å². The van der Waals surface area contributed by atoms with E-state index in [1.807, 2.05) is 36.4 Å². The third-order valence-electron chi connectivity index (χ3n) is 2.65. The normalized spacial score (nSPS) is 11.5. The maximum absolute atomic E-state index is 11.6. The number of allylic oxidation sites excluding steroid dienone is 1. The van der Waals surface area contributed by atoms with Crippen LogP contribution in [0, 0.1) is 0 Å². The summed E-state index contributed by atoms with van der Waals surface area (Å²) >= 11 is 9.19. The second-order valence-electron chi connectivity index (χ2n) is 4.48. The number of nitrogens with zero attached hydrogens (tertiary/aromatic N) is 1. The van der Waals surface area contributed by atoms with Crippen molar-refractivity contribution in [2.75, 3.05) is 6.61 Å². The topological polar surface area (TPSA) is 50.7 Å². The van der Waals surface area contributed by atoms with Crippen LogP contribution < -0.4 is 10.2 Å². The molecule has 0 aliphatic carbocycles. The number of hydrogen-bond donors (Lipinski definition) is 1. The van der Waals surface area contributed by atoms with Gasteiger partial charge < -0.3 is 4.74 Å². The van der Waals surface area contributed by atoms with Gasteiger partial charge in [-0.05, 0) is 45.8 Å². The van der Waals surface area contributed by atoms with Gasteiger partial charge in [-0.25, -0.2) is 5.43 Å². The number of amides is 1. The van der Waals surface area contributed by atoms with Crippen LogP contribution in [0.25, 0.3) is 6.08 Å². The van der Waals surface area contributed by atoms with Gasteiger partial charge in [-0.2, -0.15) is 5.10 Å². The molecule has 23 heavy (non-hydrogen) atoms. The molecule has 0 saturated carbocycles. The summed E-state index contributed by atoms with van der Waals surface area (Å²) in [5, 5.41) is 4.40. The van der Waals surface area contributed by atoms with E-state index in [0.717, 1.165) is 10.0 Å². The molecule has 0 spiro atoms. The highest BCUT2D eigenvalue weighted by Gasteiger charge is 2.01. The number of hydrogen-bond acceptors (Lipinski definition) is 3. The molecule has 6 heteroatoms. The van der Waals surface area contributed by atoms with Crippen LogP contribution >= 0.6 is 27.5 Å². The number of carbonyl (C=O) groups excluding carboxylic acids is 1. The fourth-order valence-corrected chi connectivity index (χ4v) is 2.20. The van der Waals surface area contributed by atoms with Crippen LogP contribution in [0.2, 0.25) is 5.02 Å². The summed E-state index contributed by atoms with van der Waals surface area (Å²) in [5.41, 5.74) is 3.42. The third-order valence-corrected chi connectivity index (χ3v) is 3.32. The summed E-state index contributed by atoms with van der Waals surface area (Å²) in [5.74, 6) is 0.169. The van der Waals surface area contributed by atoms with Crippen molar-refractivity contribution >= 4 is 45.7 Å². The van der Waals surface area contributed by atoms with Crippen LogP contribution in [0.3, 0.4) is 0 Å². The average molecular weight is 394 g/mol. The molecular weight excluding hydrogens is 380 g/mol. The Hall–Kier alpha value is -2.11. The lowest BCUT2D eigenvalue weighted by Gasteiger charge is -2.04. The minimum Gasteiger partial charge on any atom is -0.484 e. The lowest BCUT2D eigenvalue weighted by Crippen LogP contribution is -2.24. The predicted octanol–water partition coefficient (Wildman–Crippen LogP) is 4.26. The van der Waals surface area contributed by atoms with Crippen molar-refractivity contribution < 1.29 is 9.53 Å². The number of benzene rings is 2. The summed E-state index contributed by atoms with van der Waals surface area (Å²) in [4.78, 5) is 11.6. The van der Waals surface area contributed by atoms with Gasteiger partial charge in [-0.15, -0.1) is 0 Å². The number of carbonyl (C=O) groups is 1. The predicted molar refractivity (Wildman–Crippen MR) is 96.9 cm³/mol. The molecule has 0 fully saturated rings. The van der Waals surface area contributed by atoms with Crippen LogP contribution in [0.5, 0.6) is 5.75 Å². The zero-order valence-corrected chi connectivity index (χ0v) is 14.4. The third kappa shape index (κ3) is 6.67. The number of ether oxygens (including phenoxy) is 1. The zero-order valence-electron chi connectivity index (χ0n) is 12.1. The second kappa shape index (κ2) is 9.12. The van der Waals surface area contributed by atoms with Crippen LogP contribution in [-0.2, 0) is 4.79 Å². The fourth-order valence-electron chi connectivity index (χ4n) is 1.65. The van der Waals surface area contributed by atoms with Crippen LogP contribution in [0.15, 0.2) is 64.2 Å². The minimum atomic E-state index is -0.360. The summed E-state index contributed by atoms with van der Waals surface area (Å²) in [6, 6.07) is 16.6. The van der Waals surface area contributed by atoms with E-state index >= 15 is 0 Å². The van der Waals surface area contributed by atoms with Crippen molar-refractivity contribution in [1.82, 2.24) is 5.43 Å². The molecule has 4 nitrogen and oxygen atoms in total. The molecule has 0 radical (unpaired) electrons. The highest BCUT2D eigenvalue weighted by atomic mass is 79.9. The van der Waals surface area contributed by atoms with E-state index in [2.05, 4.69) is 26.5 Å². The second-order valence-corrected chi connectivity index (χ2v) is 5.83. The molecule has 0 unspecified atom stereocenters. The first kappa shape index (κ1) is 17.2. The molecular formula is C17H14BrClN2O2. The number of hydrazone groups is 1. The molecule has 1 amide bonds. The zero-order chi connectivity index (χ0) is 16.5. The Labute approximate surface area is 147 Å². The van der Waals surface area contributed by atoms with Gasteiger partial charge in [0, 0.05) is 9.51 Å². The first-order valence-electron chi connectivity index (χ1n) is 6.76. The smallest absolute Gasteiger partial charge is 0.277 e. The first-order chi connectivity index (χ1) is 11.1. The van der Waals surface area contributed by atoms with Crippen molar-refractivity contribution in [2.45, 2.75) is 0 Å². The molecule has 0 heterocycles. The molecule has 0 bridgehead atoms. The van der Waals surface area contributed by atoms with E-state index in [4.69, 9.17) is 16.3 Å². The Morgan fingerprint density at radius 2 is 2.00 bits per heavy atom. The van der Waals surface area contributed by atoms with Gasteiger partial charge in [0.05, 0.1) is 6.21 Å². The van der Waals surface area contributed by atoms with E-state index in [1.54, 1.807) is 24.3 Å². The Balaban J connectivity index is 1.78. The number of halogens is 2. The molecule has 1 N–H and O–H groups in total.